The van der Waals surface area contributed by atoms with Crippen LogP contribution in [0, 0.1) is 5.92 Å². The molecule has 6 heteroatoms. The fourth-order valence-corrected chi connectivity index (χ4v) is 4.58. The van der Waals surface area contributed by atoms with Gasteiger partial charge in [-0.2, -0.15) is 0 Å². The van der Waals surface area contributed by atoms with E-state index < -0.39 is 0 Å². The Morgan fingerprint density at radius 3 is 2.76 bits per heavy atom. The van der Waals surface area contributed by atoms with Crippen LogP contribution in [0.25, 0.3) is 10.9 Å². The molecule has 1 amide bonds. The molecular weight excluding hydrogens is 386 g/mol. The zero-order valence-corrected chi connectivity index (χ0v) is 18.5. The Morgan fingerprint density at radius 1 is 1.34 bits per heavy atom. The van der Waals surface area contributed by atoms with E-state index in [1.165, 1.54) is 25.7 Å². The molecule has 1 aliphatic rings. The minimum absolute atomic E-state index is 0.131. The monoisotopic (exact) mass is 417 g/mol. The minimum Gasteiger partial charge on any atom is -0.333 e. The van der Waals surface area contributed by atoms with E-state index in [1.807, 2.05) is 11.8 Å². The van der Waals surface area contributed by atoms with Gasteiger partial charge in [-0.15, -0.1) is 0 Å². The SMILES string of the molecule is CCCCN(C(=O)CCC1CCCC1)C(C)c1nc2ccc(Cl)cc2c(=O)n1C. The van der Waals surface area contributed by atoms with E-state index in [4.69, 9.17) is 16.6 Å². The number of rotatable bonds is 8. The number of unbranched alkanes of at least 4 members (excludes halogenated alkanes) is 1. The maximum Gasteiger partial charge on any atom is 0.261 e. The van der Waals surface area contributed by atoms with Crippen molar-refractivity contribution in [2.45, 2.75) is 71.3 Å². The van der Waals surface area contributed by atoms with Crippen LogP contribution in [0.3, 0.4) is 0 Å². The zero-order valence-electron chi connectivity index (χ0n) is 17.8. The van der Waals surface area contributed by atoms with Gasteiger partial charge in [0.25, 0.3) is 5.56 Å². The van der Waals surface area contributed by atoms with Crippen molar-refractivity contribution < 1.29 is 4.79 Å². The number of hydrogen-bond donors (Lipinski definition) is 0. The largest absolute Gasteiger partial charge is 0.333 e. The summed E-state index contributed by atoms with van der Waals surface area (Å²) in [6, 6.07) is 4.91. The molecule has 0 saturated heterocycles. The molecule has 1 aromatic carbocycles. The smallest absolute Gasteiger partial charge is 0.261 e. The average molecular weight is 418 g/mol. The summed E-state index contributed by atoms with van der Waals surface area (Å²) in [6.45, 7) is 4.79. The molecule has 1 atom stereocenters. The van der Waals surface area contributed by atoms with E-state index in [0.717, 1.165) is 19.3 Å². The Bertz CT molecular complexity index is 918. The number of benzene rings is 1. The van der Waals surface area contributed by atoms with Gasteiger partial charge in [0.1, 0.15) is 5.82 Å². The first-order valence-corrected chi connectivity index (χ1v) is 11.3. The summed E-state index contributed by atoms with van der Waals surface area (Å²) in [4.78, 5) is 32.6. The molecule has 1 saturated carbocycles. The lowest BCUT2D eigenvalue weighted by atomic mass is 10.0. The lowest BCUT2D eigenvalue weighted by Gasteiger charge is -2.30. The first-order chi connectivity index (χ1) is 13.9. The first kappa shape index (κ1) is 21.8. The molecule has 158 valence electrons. The van der Waals surface area contributed by atoms with Crippen molar-refractivity contribution >= 4 is 28.4 Å². The fraction of sp³-hybridized carbons (Fsp3) is 0.609. The maximum atomic E-state index is 13.1. The van der Waals surface area contributed by atoms with E-state index in [2.05, 4.69) is 6.92 Å². The molecule has 5 nitrogen and oxygen atoms in total. The van der Waals surface area contributed by atoms with Crippen molar-refractivity contribution in [2.75, 3.05) is 6.54 Å². The molecule has 1 heterocycles. The predicted molar refractivity (Wildman–Crippen MR) is 118 cm³/mol. The summed E-state index contributed by atoms with van der Waals surface area (Å²) in [7, 11) is 1.72. The first-order valence-electron chi connectivity index (χ1n) is 10.9. The number of carbonyl (C=O) groups is 1. The molecule has 3 rings (SSSR count). The zero-order chi connectivity index (χ0) is 21.0. The second-order valence-corrected chi connectivity index (χ2v) is 8.74. The molecule has 1 unspecified atom stereocenters. The van der Waals surface area contributed by atoms with E-state index in [1.54, 1.807) is 29.8 Å². The molecule has 29 heavy (non-hydrogen) atoms. The van der Waals surface area contributed by atoms with Crippen molar-refractivity contribution in [3.63, 3.8) is 0 Å². The third-order valence-corrected chi connectivity index (χ3v) is 6.46. The van der Waals surface area contributed by atoms with Gasteiger partial charge in [-0.05, 0) is 43.9 Å². The van der Waals surface area contributed by atoms with Crippen LogP contribution in [0.2, 0.25) is 5.02 Å². The third-order valence-electron chi connectivity index (χ3n) is 6.23. The summed E-state index contributed by atoms with van der Waals surface area (Å²) in [5, 5.41) is 1.02. The highest BCUT2D eigenvalue weighted by Gasteiger charge is 2.26. The standard InChI is InChI=1S/C23H32ClN3O2/c1-4-5-14-27(21(28)13-10-17-8-6-7-9-17)16(2)22-25-20-12-11-18(24)15-19(20)23(29)26(22)3/h11-12,15-17H,4-10,13-14H2,1-3H3. The Hall–Kier alpha value is -1.88. The van der Waals surface area contributed by atoms with Crippen molar-refractivity contribution in [3.8, 4) is 0 Å². The average Bonchev–Trinajstić information content (AvgIpc) is 3.23. The predicted octanol–water partition coefficient (Wildman–Crippen LogP) is 5.25. The van der Waals surface area contributed by atoms with Gasteiger partial charge in [0.2, 0.25) is 5.91 Å². The van der Waals surface area contributed by atoms with Crippen LogP contribution in [0.1, 0.15) is 77.1 Å². The normalized spacial score (nSPS) is 15.7. The summed E-state index contributed by atoms with van der Waals surface area (Å²) in [6.07, 6.45) is 8.59. The van der Waals surface area contributed by atoms with Gasteiger partial charge in [-0.3, -0.25) is 14.2 Å². The molecule has 2 aromatic rings. The van der Waals surface area contributed by atoms with E-state index in [9.17, 15) is 9.59 Å². The van der Waals surface area contributed by atoms with Gasteiger partial charge < -0.3 is 4.90 Å². The third kappa shape index (κ3) is 5.00. The molecule has 0 spiro atoms. The number of hydrogen-bond acceptors (Lipinski definition) is 3. The van der Waals surface area contributed by atoms with E-state index in [0.29, 0.717) is 40.6 Å². The minimum atomic E-state index is -0.254. The topological polar surface area (TPSA) is 55.2 Å². The van der Waals surface area contributed by atoms with Crippen molar-refractivity contribution in [2.24, 2.45) is 13.0 Å². The van der Waals surface area contributed by atoms with Crippen molar-refractivity contribution in [1.29, 1.82) is 0 Å². The van der Waals surface area contributed by atoms with Gasteiger partial charge in [0.05, 0.1) is 16.9 Å². The molecular formula is C23H32ClN3O2. The molecule has 0 radical (unpaired) electrons. The number of fused-ring (bicyclic) bond motifs is 1. The van der Waals surface area contributed by atoms with Crippen LogP contribution in [-0.4, -0.2) is 26.9 Å². The Kier molecular flexibility index (Phi) is 7.33. The van der Waals surface area contributed by atoms with E-state index in [-0.39, 0.29) is 17.5 Å². The van der Waals surface area contributed by atoms with Crippen molar-refractivity contribution in [3.05, 3.63) is 39.4 Å². The van der Waals surface area contributed by atoms with Gasteiger partial charge >= 0.3 is 0 Å². The second kappa shape index (κ2) is 9.75. The Balaban J connectivity index is 1.87. The highest BCUT2D eigenvalue weighted by Crippen LogP contribution is 2.30. The number of halogens is 1. The Labute approximate surface area is 178 Å². The molecule has 1 fully saturated rings. The summed E-state index contributed by atoms with van der Waals surface area (Å²) < 4.78 is 1.56. The van der Waals surface area contributed by atoms with Crippen LogP contribution < -0.4 is 5.56 Å². The fourth-order valence-electron chi connectivity index (χ4n) is 4.41. The summed E-state index contributed by atoms with van der Waals surface area (Å²) in [5.74, 6) is 1.48. The summed E-state index contributed by atoms with van der Waals surface area (Å²) >= 11 is 6.05. The van der Waals surface area contributed by atoms with Crippen LogP contribution in [0.4, 0.5) is 0 Å². The van der Waals surface area contributed by atoms with Crippen LogP contribution in [-0.2, 0) is 11.8 Å². The highest BCUT2D eigenvalue weighted by molar-refractivity contribution is 6.31. The van der Waals surface area contributed by atoms with Gasteiger partial charge in [0.15, 0.2) is 0 Å². The second-order valence-electron chi connectivity index (χ2n) is 8.30. The number of aromatic nitrogens is 2. The van der Waals surface area contributed by atoms with Crippen LogP contribution in [0.5, 0.6) is 0 Å². The van der Waals surface area contributed by atoms with E-state index >= 15 is 0 Å². The lowest BCUT2D eigenvalue weighted by molar-refractivity contribution is -0.134. The highest BCUT2D eigenvalue weighted by atomic mass is 35.5. The molecule has 0 aliphatic heterocycles. The quantitative estimate of drug-likeness (QED) is 0.589. The van der Waals surface area contributed by atoms with Gasteiger partial charge in [0, 0.05) is 25.0 Å². The molecule has 0 N–H and O–H groups in total. The van der Waals surface area contributed by atoms with Gasteiger partial charge in [-0.1, -0.05) is 50.6 Å². The lowest BCUT2D eigenvalue weighted by Crippen LogP contribution is -2.38. The Morgan fingerprint density at radius 2 is 2.07 bits per heavy atom. The number of nitrogens with zero attached hydrogens (tertiary/aromatic N) is 3. The van der Waals surface area contributed by atoms with Gasteiger partial charge in [-0.25, -0.2) is 4.98 Å². The van der Waals surface area contributed by atoms with Crippen molar-refractivity contribution in [1.82, 2.24) is 14.5 Å². The van der Waals surface area contributed by atoms with Crippen LogP contribution >= 0.6 is 11.6 Å². The summed E-state index contributed by atoms with van der Waals surface area (Å²) in [5.41, 5.74) is 0.487. The maximum absolute atomic E-state index is 13.1. The number of carbonyl (C=O) groups excluding carboxylic acids is 1. The molecule has 1 aromatic heterocycles. The number of amides is 1. The molecule has 1 aliphatic carbocycles. The van der Waals surface area contributed by atoms with Crippen LogP contribution in [0.15, 0.2) is 23.0 Å². The molecule has 0 bridgehead atoms.